The molecule has 0 aliphatic carbocycles. The van der Waals surface area contributed by atoms with Crippen LogP contribution in [0, 0.1) is 12.3 Å². The summed E-state index contributed by atoms with van der Waals surface area (Å²) < 4.78 is 10.9. The number of rotatable bonds is 10. The predicted octanol–water partition coefficient (Wildman–Crippen LogP) is 4.47. The molecule has 2 atom stereocenters. The van der Waals surface area contributed by atoms with Crippen molar-refractivity contribution >= 4 is 6.09 Å². The van der Waals surface area contributed by atoms with E-state index in [0.717, 1.165) is 31.6 Å². The molecular formula is C21H29NO3. The standard InChI is InChI=1S/C21H29NO3/c1-4-6-7-8-9-16-24-18-12-10-17(11-13-18)14-15-21(3)19(5-2)25-20(23)22-21/h2,10-13,19H,4,6-9,14-16H2,1,3H3,(H,22,23)/t19-,21?/m1/s1. The summed E-state index contributed by atoms with van der Waals surface area (Å²) in [7, 11) is 0. The number of amides is 1. The van der Waals surface area contributed by atoms with Crippen LogP contribution < -0.4 is 10.1 Å². The van der Waals surface area contributed by atoms with Crippen molar-refractivity contribution < 1.29 is 14.3 Å². The van der Waals surface area contributed by atoms with E-state index in [1.807, 2.05) is 19.1 Å². The summed E-state index contributed by atoms with van der Waals surface area (Å²) in [5.41, 5.74) is 0.674. The number of carbonyl (C=O) groups is 1. The molecular weight excluding hydrogens is 314 g/mol. The Balaban J connectivity index is 1.75. The summed E-state index contributed by atoms with van der Waals surface area (Å²) in [4.78, 5) is 11.4. The highest BCUT2D eigenvalue weighted by Gasteiger charge is 2.43. The first-order valence-corrected chi connectivity index (χ1v) is 9.24. The molecule has 1 aromatic carbocycles. The van der Waals surface area contributed by atoms with Crippen LogP contribution in [-0.4, -0.2) is 24.3 Å². The smallest absolute Gasteiger partial charge is 0.409 e. The van der Waals surface area contributed by atoms with Crippen molar-refractivity contribution in [3.8, 4) is 18.1 Å². The van der Waals surface area contributed by atoms with Crippen LogP contribution in [0.15, 0.2) is 24.3 Å². The molecule has 0 saturated carbocycles. The van der Waals surface area contributed by atoms with E-state index in [9.17, 15) is 4.79 Å². The lowest BCUT2D eigenvalue weighted by atomic mass is 9.89. The first-order chi connectivity index (χ1) is 12.1. The van der Waals surface area contributed by atoms with E-state index in [4.69, 9.17) is 15.9 Å². The minimum atomic E-state index is -0.518. The zero-order chi connectivity index (χ0) is 18.1. The molecule has 2 rings (SSSR count). The molecule has 4 heteroatoms. The highest BCUT2D eigenvalue weighted by atomic mass is 16.6. The second kappa shape index (κ2) is 9.36. The van der Waals surface area contributed by atoms with Gasteiger partial charge >= 0.3 is 6.09 Å². The molecule has 1 N–H and O–H groups in total. The molecule has 0 spiro atoms. The molecule has 1 aliphatic rings. The fourth-order valence-corrected chi connectivity index (χ4v) is 3.03. The van der Waals surface area contributed by atoms with E-state index >= 15 is 0 Å². The maximum absolute atomic E-state index is 11.4. The number of terminal acetylenes is 1. The van der Waals surface area contributed by atoms with E-state index in [2.05, 4.69) is 30.3 Å². The summed E-state index contributed by atoms with van der Waals surface area (Å²) in [5.74, 6) is 3.45. The van der Waals surface area contributed by atoms with Crippen molar-refractivity contribution in [2.24, 2.45) is 0 Å². The van der Waals surface area contributed by atoms with E-state index in [-0.39, 0.29) is 0 Å². The van der Waals surface area contributed by atoms with E-state index in [1.165, 1.54) is 31.2 Å². The van der Waals surface area contributed by atoms with Crippen LogP contribution in [0.4, 0.5) is 4.79 Å². The molecule has 1 heterocycles. The van der Waals surface area contributed by atoms with Crippen LogP contribution in [0.5, 0.6) is 5.75 Å². The Morgan fingerprint density at radius 3 is 2.64 bits per heavy atom. The molecule has 0 radical (unpaired) electrons. The fourth-order valence-electron chi connectivity index (χ4n) is 3.03. The van der Waals surface area contributed by atoms with Gasteiger partial charge in [0.25, 0.3) is 0 Å². The number of hydrogen-bond donors (Lipinski definition) is 1. The van der Waals surface area contributed by atoms with Crippen molar-refractivity contribution in [2.75, 3.05) is 6.61 Å². The number of alkyl carbamates (subject to hydrolysis) is 1. The molecule has 1 amide bonds. The van der Waals surface area contributed by atoms with Crippen molar-refractivity contribution in [1.29, 1.82) is 0 Å². The third-order valence-electron chi connectivity index (χ3n) is 4.72. The van der Waals surface area contributed by atoms with E-state index in [1.54, 1.807) is 0 Å². The van der Waals surface area contributed by atoms with Crippen LogP contribution in [0.25, 0.3) is 0 Å². The van der Waals surface area contributed by atoms with Crippen LogP contribution in [0.3, 0.4) is 0 Å². The number of hydrogen-bond acceptors (Lipinski definition) is 3. The third-order valence-corrected chi connectivity index (χ3v) is 4.72. The fraction of sp³-hybridized carbons (Fsp3) is 0.571. The molecule has 1 fully saturated rings. The van der Waals surface area contributed by atoms with Gasteiger partial charge in [0.2, 0.25) is 0 Å². The molecule has 1 saturated heterocycles. The Morgan fingerprint density at radius 1 is 1.24 bits per heavy atom. The van der Waals surface area contributed by atoms with Gasteiger partial charge in [0.15, 0.2) is 6.10 Å². The topological polar surface area (TPSA) is 47.6 Å². The van der Waals surface area contributed by atoms with Crippen molar-refractivity contribution in [2.45, 2.75) is 70.4 Å². The van der Waals surface area contributed by atoms with Crippen LogP contribution >= 0.6 is 0 Å². The normalized spacial score (nSPS) is 22.1. The molecule has 0 aromatic heterocycles. The van der Waals surface area contributed by atoms with Crippen LogP contribution in [0.2, 0.25) is 0 Å². The highest BCUT2D eigenvalue weighted by Crippen LogP contribution is 2.26. The maximum atomic E-state index is 11.4. The zero-order valence-corrected chi connectivity index (χ0v) is 15.3. The van der Waals surface area contributed by atoms with E-state index in [0.29, 0.717) is 0 Å². The SMILES string of the molecule is C#C[C@H]1OC(=O)NC1(C)CCc1ccc(OCCCCCCC)cc1. The van der Waals surface area contributed by atoms with Crippen LogP contribution in [0.1, 0.15) is 57.9 Å². The Morgan fingerprint density at radius 2 is 1.96 bits per heavy atom. The molecule has 1 unspecified atom stereocenters. The first-order valence-electron chi connectivity index (χ1n) is 9.24. The Labute approximate surface area is 151 Å². The van der Waals surface area contributed by atoms with Gasteiger partial charge in [0, 0.05) is 0 Å². The lowest BCUT2D eigenvalue weighted by molar-refractivity contribution is 0.144. The summed E-state index contributed by atoms with van der Waals surface area (Å²) in [6.45, 7) is 4.92. The zero-order valence-electron chi connectivity index (χ0n) is 15.3. The quantitative estimate of drug-likeness (QED) is 0.504. The Kier molecular flexibility index (Phi) is 7.18. The number of nitrogens with one attached hydrogen (secondary N) is 1. The summed E-state index contributed by atoms with van der Waals surface area (Å²) in [6, 6.07) is 8.15. The average molecular weight is 343 g/mol. The molecule has 1 aromatic rings. The van der Waals surface area contributed by atoms with Gasteiger partial charge in [-0.1, -0.05) is 50.7 Å². The van der Waals surface area contributed by atoms with Gasteiger partial charge in [0.05, 0.1) is 12.1 Å². The first kappa shape index (κ1) is 19.2. The number of benzene rings is 1. The van der Waals surface area contributed by atoms with Gasteiger partial charge in [-0.05, 0) is 43.9 Å². The monoisotopic (exact) mass is 343 g/mol. The van der Waals surface area contributed by atoms with Gasteiger partial charge in [-0.25, -0.2) is 4.79 Å². The van der Waals surface area contributed by atoms with Crippen molar-refractivity contribution in [1.82, 2.24) is 5.32 Å². The van der Waals surface area contributed by atoms with Crippen molar-refractivity contribution in [3.05, 3.63) is 29.8 Å². The number of cyclic esters (lactones) is 1. The average Bonchev–Trinajstić information content (AvgIpc) is 2.91. The second-order valence-electron chi connectivity index (χ2n) is 6.90. The molecule has 0 bridgehead atoms. The highest BCUT2D eigenvalue weighted by molar-refractivity contribution is 5.72. The largest absolute Gasteiger partial charge is 0.494 e. The maximum Gasteiger partial charge on any atom is 0.409 e. The lowest BCUT2D eigenvalue weighted by Crippen LogP contribution is -2.45. The lowest BCUT2D eigenvalue weighted by Gasteiger charge is -2.25. The van der Waals surface area contributed by atoms with Gasteiger partial charge < -0.3 is 14.8 Å². The van der Waals surface area contributed by atoms with Gasteiger partial charge in [0.1, 0.15) is 5.75 Å². The minimum absolute atomic E-state index is 0.437. The summed E-state index contributed by atoms with van der Waals surface area (Å²) in [5, 5.41) is 2.83. The summed E-state index contributed by atoms with van der Waals surface area (Å²) in [6.07, 6.45) is 12.2. The van der Waals surface area contributed by atoms with Crippen molar-refractivity contribution in [3.63, 3.8) is 0 Å². The van der Waals surface area contributed by atoms with Gasteiger partial charge in [-0.15, -0.1) is 6.42 Å². The molecule has 4 nitrogen and oxygen atoms in total. The predicted molar refractivity (Wildman–Crippen MR) is 99.7 cm³/mol. The Hall–Kier alpha value is -2.15. The molecule has 25 heavy (non-hydrogen) atoms. The van der Waals surface area contributed by atoms with E-state index < -0.39 is 17.7 Å². The van der Waals surface area contributed by atoms with Gasteiger partial charge in [-0.2, -0.15) is 0 Å². The van der Waals surface area contributed by atoms with Gasteiger partial charge in [-0.3, -0.25) is 0 Å². The molecule has 1 aliphatic heterocycles. The summed E-state index contributed by atoms with van der Waals surface area (Å²) >= 11 is 0. The Bertz CT molecular complexity index is 590. The number of aryl methyl sites for hydroxylation is 1. The number of carbonyl (C=O) groups excluding carboxylic acids is 1. The second-order valence-corrected chi connectivity index (χ2v) is 6.90. The molecule has 136 valence electrons. The van der Waals surface area contributed by atoms with Crippen LogP contribution in [-0.2, 0) is 11.2 Å². The number of ether oxygens (including phenoxy) is 2. The number of unbranched alkanes of at least 4 members (excludes halogenated alkanes) is 4. The minimum Gasteiger partial charge on any atom is -0.494 e. The third kappa shape index (κ3) is 5.70.